The van der Waals surface area contributed by atoms with Crippen molar-refractivity contribution >= 4 is 15.7 Å². The van der Waals surface area contributed by atoms with Gasteiger partial charge < -0.3 is 9.47 Å². The molecule has 0 bridgehead atoms. The third-order valence-corrected chi connectivity index (χ3v) is 6.11. The Morgan fingerprint density at radius 2 is 1.88 bits per heavy atom. The van der Waals surface area contributed by atoms with Crippen molar-refractivity contribution in [3.63, 3.8) is 0 Å². The van der Waals surface area contributed by atoms with Crippen LogP contribution in [0.1, 0.15) is 25.0 Å². The fourth-order valence-corrected chi connectivity index (χ4v) is 4.00. The lowest BCUT2D eigenvalue weighted by Gasteiger charge is -2.23. The highest BCUT2D eigenvalue weighted by molar-refractivity contribution is 7.91. The van der Waals surface area contributed by atoms with Crippen LogP contribution in [0.4, 0.5) is 0 Å². The number of rotatable bonds is 7. The maximum Gasteiger partial charge on any atom is 0.224 e. The van der Waals surface area contributed by atoms with Crippen molar-refractivity contribution in [1.82, 2.24) is 9.47 Å². The fraction of sp³-hybridized carbons (Fsp3) is 0.389. The summed E-state index contributed by atoms with van der Waals surface area (Å²) in [5, 5.41) is 0. The quantitative estimate of drug-likeness (QED) is 0.773. The first-order chi connectivity index (χ1) is 11.5. The highest BCUT2D eigenvalue weighted by atomic mass is 32.2. The molecule has 6 heteroatoms. The molecule has 1 amide bonds. The summed E-state index contributed by atoms with van der Waals surface area (Å²) in [6, 6.07) is 12.5. The van der Waals surface area contributed by atoms with Crippen LogP contribution in [0.15, 0.2) is 53.6 Å². The van der Waals surface area contributed by atoms with Gasteiger partial charge in [-0.25, -0.2) is 8.42 Å². The van der Waals surface area contributed by atoms with Gasteiger partial charge in [-0.1, -0.05) is 18.2 Å². The van der Waals surface area contributed by atoms with Crippen LogP contribution >= 0.6 is 0 Å². The van der Waals surface area contributed by atoms with Crippen molar-refractivity contribution < 1.29 is 13.2 Å². The Labute approximate surface area is 142 Å². The molecule has 128 valence electrons. The molecular formula is C18H22N2O3S. The number of amides is 1. The molecule has 1 saturated carbocycles. The molecule has 0 aliphatic heterocycles. The van der Waals surface area contributed by atoms with Gasteiger partial charge in [0.25, 0.3) is 0 Å². The lowest BCUT2D eigenvalue weighted by atomic mass is 10.3. The molecule has 0 N–H and O–H groups in total. The van der Waals surface area contributed by atoms with Crippen LogP contribution in [0.2, 0.25) is 0 Å². The lowest BCUT2D eigenvalue weighted by Crippen LogP contribution is -2.34. The number of aromatic nitrogens is 1. The Morgan fingerprint density at radius 3 is 2.46 bits per heavy atom. The van der Waals surface area contributed by atoms with E-state index in [-0.39, 0.29) is 29.0 Å². The van der Waals surface area contributed by atoms with E-state index in [4.69, 9.17) is 0 Å². The highest BCUT2D eigenvalue weighted by Crippen LogP contribution is 2.29. The monoisotopic (exact) mass is 346 g/mol. The minimum absolute atomic E-state index is 0.0259. The lowest BCUT2D eigenvalue weighted by molar-refractivity contribution is -0.132. The third kappa shape index (κ3) is 3.87. The van der Waals surface area contributed by atoms with Crippen LogP contribution in [0.25, 0.3) is 0 Å². The molecule has 5 nitrogen and oxygen atoms in total. The normalized spacial score (nSPS) is 14.5. The topological polar surface area (TPSA) is 59.4 Å². The molecule has 1 fully saturated rings. The van der Waals surface area contributed by atoms with Gasteiger partial charge in [0.2, 0.25) is 5.91 Å². The maximum absolute atomic E-state index is 12.6. The number of carbonyl (C=O) groups excluding carboxylic acids is 1. The average Bonchev–Trinajstić information content (AvgIpc) is 3.34. The van der Waals surface area contributed by atoms with Crippen LogP contribution in [-0.2, 0) is 28.2 Å². The minimum atomic E-state index is -3.42. The van der Waals surface area contributed by atoms with Gasteiger partial charge in [-0.2, -0.15) is 0 Å². The summed E-state index contributed by atoms with van der Waals surface area (Å²) >= 11 is 0. The predicted molar refractivity (Wildman–Crippen MR) is 92.1 cm³/mol. The Balaban J connectivity index is 1.65. The fourth-order valence-electron chi connectivity index (χ4n) is 2.75. The number of carbonyl (C=O) groups is 1. The van der Waals surface area contributed by atoms with Crippen molar-refractivity contribution in [3.05, 3.63) is 54.4 Å². The molecule has 2 aromatic rings. The van der Waals surface area contributed by atoms with E-state index in [1.807, 2.05) is 34.8 Å². The van der Waals surface area contributed by atoms with E-state index in [2.05, 4.69) is 0 Å². The van der Waals surface area contributed by atoms with Crippen LogP contribution < -0.4 is 0 Å². The van der Waals surface area contributed by atoms with Gasteiger partial charge in [0.15, 0.2) is 9.84 Å². The van der Waals surface area contributed by atoms with Gasteiger partial charge in [-0.15, -0.1) is 0 Å². The standard InChI is InChI=1S/C18H22N2O3S/c1-19-12-5-6-16(19)14-20(15-9-10-15)18(21)11-13-24(22,23)17-7-3-2-4-8-17/h2-8,12,15H,9-11,13-14H2,1H3. The second-order valence-corrected chi connectivity index (χ2v) is 8.35. The van der Waals surface area contributed by atoms with Gasteiger partial charge in [-0.05, 0) is 37.1 Å². The van der Waals surface area contributed by atoms with E-state index in [1.54, 1.807) is 30.3 Å². The maximum atomic E-state index is 12.6. The Morgan fingerprint density at radius 1 is 1.17 bits per heavy atom. The van der Waals surface area contributed by atoms with Gasteiger partial charge in [0.05, 0.1) is 17.2 Å². The van der Waals surface area contributed by atoms with Gasteiger partial charge >= 0.3 is 0 Å². The molecule has 3 rings (SSSR count). The molecule has 1 heterocycles. The molecular weight excluding hydrogens is 324 g/mol. The van der Waals surface area contributed by atoms with E-state index in [0.717, 1.165) is 18.5 Å². The first-order valence-electron chi connectivity index (χ1n) is 8.15. The zero-order valence-corrected chi connectivity index (χ0v) is 14.6. The van der Waals surface area contributed by atoms with E-state index in [0.29, 0.717) is 6.54 Å². The largest absolute Gasteiger partial charge is 0.353 e. The average molecular weight is 346 g/mol. The molecule has 1 aromatic heterocycles. The summed E-state index contributed by atoms with van der Waals surface area (Å²) in [7, 11) is -1.47. The molecule has 24 heavy (non-hydrogen) atoms. The predicted octanol–water partition coefficient (Wildman–Crippen LogP) is 2.38. The molecule has 1 aliphatic rings. The van der Waals surface area contributed by atoms with Crippen LogP contribution in [0.5, 0.6) is 0 Å². The number of hydrogen-bond acceptors (Lipinski definition) is 3. The highest BCUT2D eigenvalue weighted by Gasteiger charge is 2.33. The van der Waals surface area contributed by atoms with E-state index >= 15 is 0 Å². The molecule has 0 spiro atoms. The molecule has 1 aliphatic carbocycles. The van der Waals surface area contributed by atoms with Crippen molar-refractivity contribution in [1.29, 1.82) is 0 Å². The third-order valence-electron chi connectivity index (χ3n) is 4.38. The first kappa shape index (κ1) is 16.8. The molecule has 0 atom stereocenters. The van der Waals surface area contributed by atoms with E-state index in [1.165, 1.54) is 0 Å². The van der Waals surface area contributed by atoms with Crippen LogP contribution in [0.3, 0.4) is 0 Å². The van der Waals surface area contributed by atoms with Gasteiger partial charge in [0.1, 0.15) is 0 Å². The SMILES string of the molecule is Cn1cccc1CN(C(=O)CCS(=O)(=O)c1ccccc1)C1CC1. The van der Waals surface area contributed by atoms with Crippen molar-refractivity contribution in [2.75, 3.05) is 5.75 Å². The summed E-state index contributed by atoms with van der Waals surface area (Å²) < 4.78 is 26.7. The van der Waals surface area contributed by atoms with Gasteiger partial charge in [0, 0.05) is 31.4 Å². The molecule has 0 saturated heterocycles. The Bertz CT molecular complexity index is 808. The summed E-state index contributed by atoms with van der Waals surface area (Å²) in [5.41, 5.74) is 1.06. The van der Waals surface area contributed by atoms with E-state index in [9.17, 15) is 13.2 Å². The van der Waals surface area contributed by atoms with E-state index < -0.39 is 9.84 Å². The molecule has 1 aromatic carbocycles. The van der Waals surface area contributed by atoms with Crippen LogP contribution in [-0.4, -0.2) is 35.6 Å². The second kappa shape index (κ2) is 6.81. The number of aryl methyl sites for hydroxylation is 1. The Kier molecular flexibility index (Phi) is 4.76. The number of nitrogens with zero attached hydrogens (tertiary/aromatic N) is 2. The van der Waals surface area contributed by atoms with Crippen molar-refractivity contribution in [2.24, 2.45) is 7.05 Å². The summed E-state index contributed by atoms with van der Waals surface area (Å²) in [4.78, 5) is 14.7. The van der Waals surface area contributed by atoms with Gasteiger partial charge in [-0.3, -0.25) is 4.79 Å². The van der Waals surface area contributed by atoms with Crippen LogP contribution in [0, 0.1) is 0 Å². The number of benzene rings is 1. The first-order valence-corrected chi connectivity index (χ1v) is 9.80. The molecule has 0 unspecified atom stereocenters. The summed E-state index contributed by atoms with van der Waals surface area (Å²) in [6.07, 6.45) is 3.98. The minimum Gasteiger partial charge on any atom is -0.353 e. The second-order valence-electron chi connectivity index (χ2n) is 6.25. The number of sulfone groups is 1. The summed E-state index contributed by atoms with van der Waals surface area (Å²) in [6.45, 7) is 0.540. The summed E-state index contributed by atoms with van der Waals surface area (Å²) in [5.74, 6) is -0.232. The smallest absolute Gasteiger partial charge is 0.224 e. The van der Waals surface area contributed by atoms with Crippen molar-refractivity contribution in [2.45, 2.75) is 36.7 Å². The Hall–Kier alpha value is -2.08. The molecule has 0 radical (unpaired) electrons. The zero-order chi connectivity index (χ0) is 17.2. The van der Waals surface area contributed by atoms with Crippen molar-refractivity contribution in [3.8, 4) is 0 Å². The number of hydrogen-bond donors (Lipinski definition) is 0. The zero-order valence-electron chi connectivity index (χ0n) is 13.8.